The number of nitrogens with zero attached hydrogens (tertiary/aromatic N) is 1. The molecule has 4 aliphatic heterocycles. The smallest absolute Gasteiger partial charge is 0.341 e. The number of carbonyl (C=O) groups is 2. The molecule has 4 heterocycles. The molecule has 0 aliphatic carbocycles. The predicted molar refractivity (Wildman–Crippen MR) is 88.4 cm³/mol. The minimum atomic E-state index is -1.33. The molecule has 0 aromatic heterocycles. The maximum atomic E-state index is 12.9. The van der Waals surface area contributed by atoms with Crippen molar-refractivity contribution < 1.29 is 33.6 Å². The molecule has 3 saturated heterocycles. The zero-order valence-electron chi connectivity index (χ0n) is 14.9. The molecule has 4 rings (SSSR count). The van der Waals surface area contributed by atoms with Gasteiger partial charge < -0.3 is 29.2 Å². The maximum Gasteiger partial charge on any atom is 0.341 e. The summed E-state index contributed by atoms with van der Waals surface area (Å²) in [7, 11) is 0. The van der Waals surface area contributed by atoms with E-state index in [4.69, 9.17) is 14.2 Å². The molecule has 0 amide bonds. The monoisotopic (exact) mass is 365 g/mol. The minimum absolute atomic E-state index is 0.0310. The summed E-state index contributed by atoms with van der Waals surface area (Å²) in [5.41, 5.74) is -1.52. The van der Waals surface area contributed by atoms with Crippen LogP contribution in [0.25, 0.3) is 0 Å². The third-order valence-corrected chi connectivity index (χ3v) is 6.28. The molecule has 0 radical (unpaired) electrons. The first kappa shape index (κ1) is 17.7. The van der Waals surface area contributed by atoms with Gasteiger partial charge >= 0.3 is 11.9 Å². The molecule has 1 unspecified atom stereocenters. The summed E-state index contributed by atoms with van der Waals surface area (Å²) in [6, 6.07) is -0.528. The summed E-state index contributed by atoms with van der Waals surface area (Å²) in [5, 5.41) is 22.7. The summed E-state index contributed by atoms with van der Waals surface area (Å²) < 4.78 is 16.2. The Bertz CT molecular complexity index is 731. The average Bonchev–Trinajstić information content (AvgIpc) is 2.89. The van der Waals surface area contributed by atoms with Crippen molar-refractivity contribution in [3.63, 3.8) is 0 Å². The summed E-state index contributed by atoms with van der Waals surface area (Å²) in [4.78, 5) is 25.3. The largest absolute Gasteiger partial charge is 0.632 e. The zero-order valence-corrected chi connectivity index (χ0v) is 14.9. The highest BCUT2D eigenvalue weighted by Gasteiger charge is 2.73. The highest BCUT2D eigenvalue weighted by atomic mass is 16.7. The highest BCUT2D eigenvalue weighted by molar-refractivity contribution is 5.90. The quantitative estimate of drug-likeness (QED) is 0.178. The van der Waals surface area contributed by atoms with E-state index in [0.717, 1.165) is 0 Å². The van der Waals surface area contributed by atoms with Crippen molar-refractivity contribution in [2.45, 2.75) is 50.0 Å². The van der Waals surface area contributed by atoms with E-state index in [-0.39, 0.29) is 19.6 Å². The molecule has 8 heteroatoms. The number of ether oxygens (including phenoxy) is 3. The van der Waals surface area contributed by atoms with Crippen LogP contribution in [0.5, 0.6) is 0 Å². The van der Waals surface area contributed by atoms with Gasteiger partial charge in [-0.15, -0.1) is 0 Å². The predicted octanol–water partition coefficient (Wildman–Crippen LogP) is 0.338. The van der Waals surface area contributed by atoms with Gasteiger partial charge in [0.05, 0.1) is 19.7 Å². The number of quaternary nitrogens is 1. The molecule has 0 spiro atoms. The second kappa shape index (κ2) is 5.63. The first-order valence-corrected chi connectivity index (χ1v) is 8.90. The Hall–Kier alpha value is -1.74. The van der Waals surface area contributed by atoms with Gasteiger partial charge in [0, 0.05) is 24.0 Å². The molecule has 1 N–H and O–H groups in total. The second-order valence-corrected chi connectivity index (χ2v) is 7.67. The SMILES string of the molecule is C/C=C1\C[C@@]2(CO)O[C@@]2(C)C(=O)OCC2=CC[N+]3([O-])CC[C@@H](OC1=O)[C@@H]23. The standard InChI is InChI=1S/C18H23NO7/c1-3-11-8-18(10-20)17(2,26-18)16(22)24-9-12-4-6-19(23)7-5-13(14(12)19)25-15(11)21/h3-4,13-14,20H,5-10H2,1-2H3/b11-3+/t13-,14-,17+,18+,19?/m1/s1. The van der Waals surface area contributed by atoms with Crippen LogP contribution in [-0.4, -0.2) is 71.3 Å². The van der Waals surface area contributed by atoms with Crippen molar-refractivity contribution in [2.24, 2.45) is 0 Å². The van der Waals surface area contributed by atoms with Gasteiger partial charge in [-0.1, -0.05) is 6.08 Å². The van der Waals surface area contributed by atoms with Crippen LogP contribution >= 0.6 is 0 Å². The van der Waals surface area contributed by atoms with E-state index in [1.807, 2.05) is 0 Å². The molecule has 5 atom stereocenters. The third-order valence-electron chi connectivity index (χ3n) is 6.28. The van der Waals surface area contributed by atoms with Crippen LogP contribution in [-0.2, 0) is 23.8 Å². The van der Waals surface area contributed by atoms with E-state index in [2.05, 4.69) is 0 Å². The zero-order chi connectivity index (χ0) is 18.7. The summed E-state index contributed by atoms with van der Waals surface area (Å²) in [5.74, 6) is -1.13. The molecule has 0 bridgehead atoms. The van der Waals surface area contributed by atoms with Gasteiger partial charge in [0.1, 0.15) is 12.2 Å². The number of epoxide rings is 1. The fourth-order valence-corrected chi connectivity index (χ4v) is 4.49. The summed E-state index contributed by atoms with van der Waals surface area (Å²) >= 11 is 0. The Balaban J connectivity index is 1.69. The lowest BCUT2D eigenvalue weighted by Crippen LogP contribution is -2.48. The molecule has 0 aromatic rings. The first-order chi connectivity index (χ1) is 12.3. The van der Waals surface area contributed by atoms with Crippen LogP contribution in [0.1, 0.15) is 26.7 Å². The van der Waals surface area contributed by atoms with Gasteiger partial charge in [-0.05, 0) is 19.9 Å². The number of hydrogen-bond acceptors (Lipinski definition) is 7. The number of rotatable bonds is 1. The Labute approximate surface area is 151 Å². The number of aliphatic hydroxyl groups is 1. The molecule has 0 aromatic carbocycles. The topological polar surface area (TPSA) is 108 Å². The van der Waals surface area contributed by atoms with E-state index >= 15 is 0 Å². The lowest BCUT2D eigenvalue weighted by molar-refractivity contribution is -0.877. The van der Waals surface area contributed by atoms with Crippen molar-refractivity contribution in [3.05, 3.63) is 28.5 Å². The number of fused-ring (bicyclic) bond motifs is 1. The maximum absolute atomic E-state index is 12.9. The molecule has 3 fully saturated rings. The Morgan fingerprint density at radius 2 is 2.23 bits per heavy atom. The molecule has 26 heavy (non-hydrogen) atoms. The van der Waals surface area contributed by atoms with Crippen LogP contribution in [0, 0.1) is 5.21 Å². The van der Waals surface area contributed by atoms with Crippen LogP contribution in [0.2, 0.25) is 0 Å². The van der Waals surface area contributed by atoms with Crippen molar-refractivity contribution in [2.75, 3.05) is 26.3 Å². The summed E-state index contributed by atoms with van der Waals surface area (Å²) in [6.45, 7) is 3.44. The number of aliphatic hydroxyl groups excluding tert-OH is 1. The van der Waals surface area contributed by atoms with Crippen molar-refractivity contribution in [1.82, 2.24) is 0 Å². The van der Waals surface area contributed by atoms with E-state index in [1.165, 1.54) is 0 Å². The van der Waals surface area contributed by atoms with Gasteiger partial charge in [-0.25, -0.2) is 9.59 Å². The van der Waals surface area contributed by atoms with Gasteiger partial charge in [0.15, 0.2) is 17.7 Å². The molecule has 8 nitrogen and oxygen atoms in total. The van der Waals surface area contributed by atoms with Crippen molar-refractivity contribution in [3.8, 4) is 0 Å². The average molecular weight is 365 g/mol. The minimum Gasteiger partial charge on any atom is -0.632 e. The first-order valence-electron chi connectivity index (χ1n) is 8.90. The number of carbonyl (C=O) groups excluding carboxylic acids is 2. The Morgan fingerprint density at radius 3 is 2.92 bits per heavy atom. The second-order valence-electron chi connectivity index (χ2n) is 7.67. The molecule has 142 valence electrons. The Morgan fingerprint density at radius 1 is 1.46 bits per heavy atom. The van der Waals surface area contributed by atoms with E-state index in [1.54, 1.807) is 26.0 Å². The van der Waals surface area contributed by atoms with Gasteiger partial charge in [0.25, 0.3) is 0 Å². The molecular weight excluding hydrogens is 342 g/mol. The van der Waals surface area contributed by atoms with Crippen LogP contribution in [0.3, 0.4) is 0 Å². The van der Waals surface area contributed by atoms with Crippen molar-refractivity contribution >= 4 is 11.9 Å². The Kier molecular flexibility index (Phi) is 3.82. The molecular formula is C18H23NO7. The number of hydroxylamine groups is 3. The van der Waals surface area contributed by atoms with E-state index in [9.17, 15) is 19.9 Å². The van der Waals surface area contributed by atoms with Crippen molar-refractivity contribution in [1.29, 1.82) is 0 Å². The molecule has 0 saturated carbocycles. The highest BCUT2D eigenvalue weighted by Crippen LogP contribution is 2.53. The van der Waals surface area contributed by atoms with Gasteiger partial charge in [0.2, 0.25) is 0 Å². The number of esters is 2. The number of allylic oxidation sites excluding steroid dienone is 1. The van der Waals surface area contributed by atoms with Crippen LogP contribution in [0.15, 0.2) is 23.3 Å². The van der Waals surface area contributed by atoms with Crippen LogP contribution in [0.4, 0.5) is 0 Å². The molecule has 4 aliphatic rings. The normalized spacial score (nSPS) is 46.5. The van der Waals surface area contributed by atoms with E-state index in [0.29, 0.717) is 24.1 Å². The number of hydrogen-bond donors (Lipinski definition) is 1. The fraction of sp³-hybridized carbons (Fsp3) is 0.667. The van der Waals surface area contributed by atoms with Gasteiger partial charge in [-0.3, -0.25) is 0 Å². The van der Waals surface area contributed by atoms with E-state index < -0.39 is 46.5 Å². The summed E-state index contributed by atoms with van der Waals surface area (Å²) in [6.07, 6.45) is 3.35. The lowest BCUT2D eigenvalue weighted by Gasteiger charge is -2.40. The lowest BCUT2D eigenvalue weighted by atomic mass is 9.88. The fourth-order valence-electron chi connectivity index (χ4n) is 4.49. The van der Waals surface area contributed by atoms with Gasteiger partial charge in [-0.2, -0.15) is 0 Å². The number of cyclic esters (lactones) is 1. The third kappa shape index (κ3) is 2.29. The van der Waals surface area contributed by atoms with Crippen LogP contribution < -0.4 is 0 Å².